The van der Waals surface area contributed by atoms with Gasteiger partial charge in [0.05, 0.1) is 0 Å². The molecule has 0 aliphatic carbocycles. The molecule has 0 spiro atoms. The summed E-state index contributed by atoms with van der Waals surface area (Å²) in [5, 5.41) is 2.90. The second-order valence-corrected chi connectivity index (χ2v) is 2.83. The van der Waals surface area contributed by atoms with Crippen LogP contribution >= 0.6 is 24.8 Å². The fourth-order valence-electron chi connectivity index (χ4n) is 0.513. The lowest BCUT2D eigenvalue weighted by Crippen LogP contribution is -2.13. The fraction of sp³-hybridized carbons (Fsp3) is 0.286. The van der Waals surface area contributed by atoms with Crippen LogP contribution in [-0.4, -0.2) is 4.32 Å². The van der Waals surface area contributed by atoms with Crippen LogP contribution in [0.4, 0.5) is 0 Å². The second-order valence-electron chi connectivity index (χ2n) is 1.67. The van der Waals surface area contributed by atoms with Gasteiger partial charge < -0.3 is 5.32 Å². The number of hydrogen-bond donors (Lipinski definition) is 2. The Bertz CT molecular complexity index is 170. The molecule has 0 fully saturated rings. The molecule has 0 aliphatic rings. The third kappa shape index (κ3) is 4.58. The zero-order valence-electron chi connectivity index (χ0n) is 6.09. The fourth-order valence-corrected chi connectivity index (χ4v) is 0.760. The van der Waals surface area contributed by atoms with Crippen molar-refractivity contribution in [2.75, 3.05) is 0 Å². The average molecular weight is 173 g/mol. The molecule has 0 unspecified atom stereocenters. The Morgan fingerprint density at radius 3 is 2.40 bits per heavy atom. The second kappa shape index (κ2) is 5.50. The highest BCUT2D eigenvalue weighted by Crippen LogP contribution is 1.93. The maximum absolute atomic E-state index is 4.73. The molecule has 0 bridgehead atoms. The molecule has 0 amide bonds. The van der Waals surface area contributed by atoms with Gasteiger partial charge in [-0.15, -0.1) is 12.6 Å². The van der Waals surface area contributed by atoms with Gasteiger partial charge in [-0.2, -0.15) is 0 Å². The van der Waals surface area contributed by atoms with E-state index in [0.29, 0.717) is 4.32 Å². The Labute approximate surface area is 72.6 Å². The van der Waals surface area contributed by atoms with Gasteiger partial charge in [0.25, 0.3) is 0 Å². The maximum atomic E-state index is 4.73. The zero-order valence-corrected chi connectivity index (χ0v) is 7.80. The van der Waals surface area contributed by atoms with Crippen molar-refractivity contribution in [3.05, 3.63) is 23.9 Å². The molecule has 0 radical (unpaired) electrons. The minimum absolute atomic E-state index is 0.492. The largest absolute Gasteiger partial charge is 0.342 e. The molecule has 0 aromatic heterocycles. The third-order valence-electron chi connectivity index (χ3n) is 0.908. The van der Waals surface area contributed by atoms with Crippen LogP contribution in [0.2, 0.25) is 0 Å². The van der Waals surface area contributed by atoms with E-state index in [0.717, 1.165) is 5.70 Å². The molecule has 0 saturated carbocycles. The molecule has 1 nitrogen and oxygen atoms in total. The predicted octanol–water partition coefficient (Wildman–Crippen LogP) is 2.27. The highest BCUT2D eigenvalue weighted by Gasteiger charge is 1.88. The van der Waals surface area contributed by atoms with E-state index >= 15 is 0 Å². The monoisotopic (exact) mass is 173 g/mol. The molecule has 56 valence electrons. The summed E-state index contributed by atoms with van der Waals surface area (Å²) in [5.41, 5.74) is 0.975. The summed E-state index contributed by atoms with van der Waals surface area (Å²) < 4.78 is 0.492. The molecule has 10 heavy (non-hydrogen) atoms. The van der Waals surface area contributed by atoms with Crippen molar-refractivity contribution >= 4 is 29.2 Å². The Kier molecular flexibility index (Phi) is 5.35. The Morgan fingerprint density at radius 1 is 1.50 bits per heavy atom. The van der Waals surface area contributed by atoms with Gasteiger partial charge in [-0.3, -0.25) is 0 Å². The molecule has 0 aromatic rings. The summed E-state index contributed by atoms with van der Waals surface area (Å²) in [6, 6.07) is 0. The van der Waals surface area contributed by atoms with Crippen molar-refractivity contribution in [1.29, 1.82) is 0 Å². The summed E-state index contributed by atoms with van der Waals surface area (Å²) in [5.74, 6) is 0. The summed E-state index contributed by atoms with van der Waals surface area (Å²) in [6.07, 6.45) is 5.80. The molecule has 0 heterocycles. The zero-order chi connectivity index (χ0) is 7.98. The standard InChI is InChI=1S/C7H11NS2/c1-3-5-6(4-2)8-7(9)10/h3-5H,1-2H3,(H2,8,9,10)/b5-3-,6-4+. The van der Waals surface area contributed by atoms with Crippen LogP contribution in [0.15, 0.2) is 23.9 Å². The van der Waals surface area contributed by atoms with Gasteiger partial charge in [0, 0.05) is 5.70 Å². The van der Waals surface area contributed by atoms with Gasteiger partial charge in [-0.05, 0) is 19.9 Å². The topological polar surface area (TPSA) is 12.0 Å². The lowest BCUT2D eigenvalue weighted by atomic mass is 10.4. The van der Waals surface area contributed by atoms with Gasteiger partial charge in [0.2, 0.25) is 0 Å². The van der Waals surface area contributed by atoms with E-state index in [2.05, 4.69) is 17.9 Å². The van der Waals surface area contributed by atoms with Crippen LogP contribution in [0.5, 0.6) is 0 Å². The summed E-state index contributed by atoms with van der Waals surface area (Å²) >= 11 is 8.66. The van der Waals surface area contributed by atoms with Gasteiger partial charge in [0.1, 0.15) is 4.32 Å². The lowest BCUT2D eigenvalue weighted by molar-refractivity contribution is 1.21. The number of rotatable bonds is 2. The maximum Gasteiger partial charge on any atom is 0.135 e. The Morgan fingerprint density at radius 2 is 2.10 bits per heavy atom. The first-order valence-corrected chi connectivity index (χ1v) is 3.85. The van der Waals surface area contributed by atoms with E-state index in [1.807, 2.05) is 32.1 Å². The van der Waals surface area contributed by atoms with E-state index in [-0.39, 0.29) is 0 Å². The van der Waals surface area contributed by atoms with Crippen LogP contribution in [-0.2, 0) is 0 Å². The van der Waals surface area contributed by atoms with Crippen LogP contribution < -0.4 is 5.32 Å². The molecular weight excluding hydrogens is 162 g/mol. The van der Waals surface area contributed by atoms with Crippen molar-refractivity contribution in [1.82, 2.24) is 5.32 Å². The smallest absolute Gasteiger partial charge is 0.135 e. The minimum atomic E-state index is 0.492. The van der Waals surface area contributed by atoms with E-state index in [4.69, 9.17) is 12.2 Å². The van der Waals surface area contributed by atoms with Crippen molar-refractivity contribution in [2.24, 2.45) is 0 Å². The Balaban J connectivity index is 3.98. The van der Waals surface area contributed by atoms with E-state index in [1.54, 1.807) is 0 Å². The number of nitrogens with one attached hydrogen (secondary N) is 1. The van der Waals surface area contributed by atoms with Crippen molar-refractivity contribution in [3.63, 3.8) is 0 Å². The molecule has 0 aliphatic heterocycles. The molecule has 0 aromatic carbocycles. The third-order valence-corrected chi connectivity index (χ3v) is 1.12. The first-order valence-electron chi connectivity index (χ1n) is 2.99. The van der Waals surface area contributed by atoms with E-state index < -0.39 is 0 Å². The summed E-state index contributed by atoms with van der Waals surface area (Å²) in [4.78, 5) is 0. The van der Waals surface area contributed by atoms with E-state index in [9.17, 15) is 0 Å². The predicted molar refractivity (Wildman–Crippen MR) is 53.3 cm³/mol. The van der Waals surface area contributed by atoms with Crippen LogP contribution in [0.1, 0.15) is 13.8 Å². The lowest BCUT2D eigenvalue weighted by Gasteiger charge is -2.01. The first kappa shape index (κ1) is 9.72. The van der Waals surface area contributed by atoms with Gasteiger partial charge in [-0.1, -0.05) is 24.4 Å². The Hall–Kier alpha value is -0.280. The van der Waals surface area contributed by atoms with Crippen LogP contribution in [0.3, 0.4) is 0 Å². The highest BCUT2D eigenvalue weighted by molar-refractivity contribution is 8.11. The normalized spacial score (nSPS) is 12.1. The molecule has 0 rings (SSSR count). The highest BCUT2D eigenvalue weighted by atomic mass is 32.1. The summed E-state index contributed by atoms with van der Waals surface area (Å²) in [7, 11) is 0. The van der Waals surface area contributed by atoms with Crippen LogP contribution in [0, 0.1) is 0 Å². The van der Waals surface area contributed by atoms with Crippen LogP contribution in [0.25, 0.3) is 0 Å². The number of thiol groups is 1. The molecular formula is C7H11NS2. The molecule has 3 heteroatoms. The molecule has 0 atom stereocenters. The quantitative estimate of drug-likeness (QED) is 0.377. The number of thiocarbonyl (C=S) groups is 1. The number of hydrogen-bond acceptors (Lipinski definition) is 1. The summed E-state index contributed by atoms with van der Waals surface area (Å²) in [6.45, 7) is 3.89. The van der Waals surface area contributed by atoms with Crippen molar-refractivity contribution in [3.8, 4) is 0 Å². The van der Waals surface area contributed by atoms with Crippen molar-refractivity contribution in [2.45, 2.75) is 13.8 Å². The van der Waals surface area contributed by atoms with Gasteiger partial charge >= 0.3 is 0 Å². The minimum Gasteiger partial charge on any atom is -0.342 e. The first-order chi connectivity index (χ1) is 4.70. The van der Waals surface area contributed by atoms with Crippen molar-refractivity contribution < 1.29 is 0 Å². The SMILES string of the molecule is C/C=C\C(=C/C)NC(=S)S. The number of allylic oxidation sites excluding steroid dienone is 3. The van der Waals surface area contributed by atoms with Gasteiger partial charge in [0.15, 0.2) is 0 Å². The molecule has 0 saturated heterocycles. The molecule has 1 N–H and O–H groups in total. The van der Waals surface area contributed by atoms with Gasteiger partial charge in [-0.25, -0.2) is 0 Å². The average Bonchev–Trinajstić information content (AvgIpc) is 1.86. The van der Waals surface area contributed by atoms with E-state index in [1.165, 1.54) is 0 Å².